The molecule has 1 aliphatic heterocycles. The van der Waals surface area contributed by atoms with Crippen LogP contribution in [0.25, 0.3) is 10.9 Å². The number of carboxylic acids is 1. The molecule has 0 bridgehead atoms. The number of aromatic amines is 1. The van der Waals surface area contributed by atoms with Crippen molar-refractivity contribution < 1.29 is 9.90 Å². The standard InChI is InChI=1S/C18H14Cl2N2O2/c19-9-5-6-11(13(20)7-9)16-17-12(8-15(22-16)18(23)24)10-3-1-2-4-14(10)21-17/h1-7,15-16,21-22H,8H2,(H,23,24)/t15-,16-/m0/s1. The highest BCUT2D eigenvalue weighted by Gasteiger charge is 2.34. The molecule has 3 aromatic rings. The Morgan fingerprint density at radius 2 is 1.96 bits per heavy atom. The quantitative estimate of drug-likeness (QED) is 0.642. The Hall–Kier alpha value is -2.01. The van der Waals surface area contributed by atoms with E-state index in [4.69, 9.17) is 23.2 Å². The second-order valence-corrected chi connectivity index (χ2v) is 6.77. The fraction of sp³-hybridized carbons (Fsp3) is 0.167. The summed E-state index contributed by atoms with van der Waals surface area (Å²) in [5, 5.41) is 14.8. The Bertz CT molecular complexity index is 951. The average Bonchev–Trinajstić information content (AvgIpc) is 2.93. The predicted molar refractivity (Wildman–Crippen MR) is 94.9 cm³/mol. The number of H-pyrrole nitrogens is 1. The Balaban J connectivity index is 1.92. The van der Waals surface area contributed by atoms with Crippen LogP contribution in [0.1, 0.15) is 22.9 Å². The SMILES string of the molecule is O=C(O)[C@@H]1Cc2c([nH]c3ccccc23)[C@H](c2ccc(Cl)cc2Cl)N1. The van der Waals surface area contributed by atoms with Crippen molar-refractivity contribution in [3.63, 3.8) is 0 Å². The van der Waals surface area contributed by atoms with Crippen LogP contribution in [0.5, 0.6) is 0 Å². The number of fused-ring (bicyclic) bond motifs is 3. The van der Waals surface area contributed by atoms with Gasteiger partial charge in [-0.2, -0.15) is 0 Å². The molecule has 4 rings (SSSR count). The van der Waals surface area contributed by atoms with Gasteiger partial charge in [0.1, 0.15) is 6.04 Å². The van der Waals surface area contributed by atoms with Gasteiger partial charge in [-0.25, -0.2) is 0 Å². The third-order valence-electron chi connectivity index (χ3n) is 4.48. The Morgan fingerprint density at radius 1 is 1.17 bits per heavy atom. The fourth-order valence-corrected chi connectivity index (χ4v) is 3.89. The molecule has 0 saturated carbocycles. The van der Waals surface area contributed by atoms with Crippen LogP contribution < -0.4 is 5.32 Å². The van der Waals surface area contributed by atoms with E-state index in [2.05, 4.69) is 10.3 Å². The maximum absolute atomic E-state index is 11.6. The van der Waals surface area contributed by atoms with Crippen LogP contribution in [-0.4, -0.2) is 22.1 Å². The lowest BCUT2D eigenvalue weighted by molar-refractivity contribution is -0.139. The summed E-state index contributed by atoms with van der Waals surface area (Å²) in [7, 11) is 0. The monoisotopic (exact) mass is 360 g/mol. The number of halogens is 2. The van der Waals surface area contributed by atoms with Crippen molar-refractivity contribution in [2.45, 2.75) is 18.5 Å². The zero-order valence-corrected chi connectivity index (χ0v) is 14.0. The van der Waals surface area contributed by atoms with Crippen LogP contribution in [0.3, 0.4) is 0 Å². The minimum absolute atomic E-state index is 0.327. The van der Waals surface area contributed by atoms with Gasteiger partial charge in [0, 0.05) is 33.1 Å². The van der Waals surface area contributed by atoms with Gasteiger partial charge in [-0.15, -0.1) is 0 Å². The van der Waals surface area contributed by atoms with Crippen molar-refractivity contribution in [2.24, 2.45) is 0 Å². The lowest BCUT2D eigenvalue weighted by Gasteiger charge is -2.30. The predicted octanol–water partition coefficient (Wildman–Crippen LogP) is 4.16. The molecule has 2 atom stereocenters. The minimum Gasteiger partial charge on any atom is -0.480 e. The molecule has 1 aliphatic rings. The molecule has 0 spiro atoms. The number of carboxylic acid groups (broad SMARTS) is 1. The van der Waals surface area contributed by atoms with Crippen molar-refractivity contribution in [1.82, 2.24) is 10.3 Å². The number of aromatic nitrogens is 1. The summed E-state index contributed by atoms with van der Waals surface area (Å²) >= 11 is 12.4. The maximum Gasteiger partial charge on any atom is 0.321 e. The van der Waals surface area contributed by atoms with Gasteiger partial charge in [-0.3, -0.25) is 10.1 Å². The number of nitrogens with one attached hydrogen (secondary N) is 2. The molecular weight excluding hydrogens is 347 g/mol. The highest BCUT2D eigenvalue weighted by atomic mass is 35.5. The largest absolute Gasteiger partial charge is 0.480 e. The van der Waals surface area contributed by atoms with Crippen LogP contribution in [-0.2, 0) is 11.2 Å². The van der Waals surface area contributed by atoms with Crippen molar-refractivity contribution in [3.05, 3.63) is 69.3 Å². The van der Waals surface area contributed by atoms with Crippen LogP contribution in [0.2, 0.25) is 10.0 Å². The first kappa shape index (κ1) is 15.5. The fourth-order valence-electron chi connectivity index (χ4n) is 3.37. The van der Waals surface area contributed by atoms with E-state index in [1.54, 1.807) is 12.1 Å². The number of rotatable bonds is 2. The first-order chi connectivity index (χ1) is 11.5. The summed E-state index contributed by atoms with van der Waals surface area (Å²) < 4.78 is 0. The molecule has 0 fully saturated rings. The summed E-state index contributed by atoms with van der Waals surface area (Å²) in [6, 6.07) is 12.2. The molecule has 24 heavy (non-hydrogen) atoms. The van der Waals surface area contributed by atoms with E-state index in [1.807, 2.05) is 30.3 Å². The number of para-hydroxylation sites is 1. The van der Waals surface area contributed by atoms with E-state index in [1.165, 1.54) is 0 Å². The average molecular weight is 361 g/mol. The second kappa shape index (κ2) is 5.81. The van der Waals surface area contributed by atoms with E-state index < -0.39 is 12.0 Å². The van der Waals surface area contributed by atoms with Crippen molar-refractivity contribution in [1.29, 1.82) is 0 Å². The van der Waals surface area contributed by atoms with Crippen molar-refractivity contribution in [2.75, 3.05) is 0 Å². The molecule has 0 unspecified atom stereocenters. The zero-order valence-electron chi connectivity index (χ0n) is 12.5. The van der Waals surface area contributed by atoms with E-state index >= 15 is 0 Å². The van der Waals surface area contributed by atoms with Gasteiger partial charge >= 0.3 is 5.97 Å². The number of hydrogen-bond donors (Lipinski definition) is 3. The molecule has 1 aromatic heterocycles. The molecule has 2 heterocycles. The van der Waals surface area contributed by atoms with Crippen LogP contribution in [0.15, 0.2) is 42.5 Å². The molecule has 2 aromatic carbocycles. The third kappa shape index (κ3) is 2.47. The lowest BCUT2D eigenvalue weighted by atomic mass is 9.90. The van der Waals surface area contributed by atoms with E-state index in [0.29, 0.717) is 16.5 Å². The molecule has 0 aliphatic carbocycles. The summed E-state index contributed by atoms with van der Waals surface area (Å²) in [5.74, 6) is -0.874. The molecule has 0 amide bonds. The smallest absolute Gasteiger partial charge is 0.321 e. The summed E-state index contributed by atoms with van der Waals surface area (Å²) in [6.45, 7) is 0. The zero-order chi connectivity index (χ0) is 16.8. The van der Waals surface area contributed by atoms with E-state index in [0.717, 1.165) is 27.7 Å². The lowest BCUT2D eigenvalue weighted by Crippen LogP contribution is -2.45. The molecule has 0 radical (unpaired) electrons. The van der Waals surface area contributed by atoms with Gasteiger partial charge < -0.3 is 10.1 Å². The molecule has 6 heteroatoms. The third-order valence-corrected chi connectivity index (χ3v) is 5.05. The highest BCUT2D eigenvalue weighted by Crippen LogP contribution is 2.38. The van der Waals surface area contributed by atoms with Crippen LogP contribution >= 0.6 is 23.2 Å². The van der Waals surface area contributed by atoms with Crippen LogP contribution in [0, 0.1) is 0 Å². The van der Waals surface area contributed by atoms with Gasteiger partial charge in [0.05, 0.1) is 6.04 Å². The van der Waals surface area contributed by atoms with E-state index in [-0.39, 0.29) is 6.04 Å². The Kier molecular flexibility index (Phi) is 3.76. The maximum atomic E-state index is 11.6. The molecule has 4 nitrogen and oxygen atoms in total. The molecular formula is C18H14Cl2N2O2. The van der Waals surface area contributed by atoms with Crippen molar-refractivity contribution >= 4 is 40.1 Å². The van der Waals surface area contributed by atoms with Gasteiger partial charge in [0.15, 0.2) is 0 Å². The Morgan fingerprint density at radius 3 is 2.71 bits per heavy atom. The molecule has 3 N–H and O–H groups in total. The normalized spacial score (nSPS) is 20.1. The summed E-state index contributed by atoms with van der Waals surface area (Å²) in [5.41, 5.74) is 3.77. The minimum atomic E-state index is -0.874. The topological polar surface area (TPSA) is 65.1 Å². The van der Waals surface area contributed by atoms with E-state index in [9.17, 15) is 9.90 Å². The first-order valence-electron chi connectivity index (χ1n) is 7.58. The van der Waals surface area contributed by atoms with Gasteiger partial charge in [0.25, 0.3) is 0 Å². The van der Waals surface area contributed by atoms with Gasteiger partial charge in [-0.1, -0.05) is 47.5 Å². The van der Waals surface area contributed by atoms with Gasteiger partial charge in [-0.05, 0) is 29.3 Å². The number of hydrogen-bond acceptors (Lipinski definition) is 2. The second-order valence-electron chi connectivity index (χ2n) is 5.92. The number of carbonyl (C=O) groups is 1. The van der Waals surface area contributed by atoms with Gasteiger partial charge in [0.2, 0.25) is 0 Å². The van der Waals surface area contributed by atoms with Crippen LogP contribution in [0.4, 0.5) is 0 Å². The molecule has 122 valence electrons. The highest BCUT2D eigenvalue weighted by molar-refractivity contribution is 6.35. The Labute approximate surface area is 148 Å². The number of aliphatic carboxylic acids is 1. The number of benzene rings is 2. The summed E-state index contributed by atoms with van der Waals surface area (Å²) in [4.78, 5) is 15.0. The first-order valence-corrected chi connectivity index (χ1v) is 8.33. The van der Waals surface area contributed by atoms with Crippen molar-refractivity contribution in [3.8, 4) is 0 Å². The molecule has 0 saturated heterocycles. The summed E-state index contributed by atoms with van der Waals surface area (Å²) in [6.07, 6.45) is 0.427.